The third-order valence-electron chi connectivity index (χ3n) is 2.40. The predicted molar refractivity (Wildman–Crippen MR) is 85.9 cm³/mol. The molecule has 3 nitrogen and oxygen atoms in total. The summed E-state index contributed by atoms with van der Waals surface area (Å²) in [7, 11) is -3.80. The summed E-state index contributed by atoms with van der Waals surface area (Å²) in [4.78, 5) is 0.142. The van der Waals surface area contributed by atoms with Gasteiger partial charge in [0.25, 0.3) is 0 Å². The average molecular weight is 453 g/mol. The molecule has 2 aromatic carbocycles. The highest BCUT2D eigenvalue weighted by Crippen LogP contribution is 2.29. The molecule has 19 heavy (non-hydrogen) atoms. The monoisotopic (exact) mass is 452 g/mol. The number of hydrogen-bond donors (Lipinski definition) is 0. The third-order valence-corrected chi connectivity index (χ3v) is 4.94. The summed E-state index contributed by atoms with van der Waals surface area (Å²) >= 11 is 5.43. The van der Waals surface area contributed by atoms with Gasteiger partial charge in [0.2, 0.25) is 0 Å². The molecule has 0 aliphatic carbocycles. The second kappa shape index (κ2) is 5.80. The Labute approximate surface area is 134 Å². The molecule has 0 saturated carbocycles. The van der Waals surface area contributed by atoms with Gasteiger partial charge in [0.05, 0.1) is 4.47 Å². The van der Waals surface area contributed by atoms with E-state index in [2.05, 4.69) is 38.5 Å². The number of halogens is 2. The second-order valence-corrected chi connectivity index (χ2v) is 7.57. The van der Waals surface area contributed by atoms with E-state index in [1.807, 2.05) is 6.92 Å². The molecular weight excluding hydrogens is 443 g/mol. The minimum absolute atomic E-state index is 0.142. The molecule has 0 aliphatic rings. The minimum Gasteiger partial charge on any atom is -0.378 e. The first-order valence-corrected chi connectivity index (χ1v) is 8.63. The first-order chi connectivity index (χ1) is 8.88. The largest absolute Gasteiger partial charge is 0.378 e. The lowest BCUT2D eigenvalue weighted by atomic mass is 10.2. The normalized spacial score (nSPS) is 11.3. The third kappa shape index (κ3) is 3.70. The summed E-state index contributed by atoms with van der Waals surface area (Å²) < 4.78 is 30.9. The second-order valence-electron chi connectivity index (χ2n) is 3.93. The fraction of sp³-hybridized carbons (Fsp3) is 0.0769. The van der Waals surface area contributed by atoms with Crippen LogP contribution in [0, 0.1) is 10.5 Å². The Morgan fingerprint density at radius 2 is 1.74 bits per heavy atom. The van der Waals surface area contributed by atoms with Crippen LogP contribution in [-0.4, -0.2) is 8.42 Å². The highest BCUT2D eigenvalue weighted by atomic mass is 127. The first-order valence-electron chi connectivity index (χ1n) is 5.35. The van der Waals surface area contributed by atoms with Crippen LogP contribution in [0.3, 0.4) is 0 Å². The van der Waals surface area contributed by atoms with Crippen molar-refractivity contribution in [1.29, 1.82) is 0 Å². The molecule has 0 saturated heterocycles. The van der Waals surface area contributed by atoms with Gasteiger partial charge in [0.1, 0.15) is 4.90 Å². The molecule has 0 fully saturated rings. The molecular formula is C13H10BrIO3S. The van der Waals surface area contributed by atoms with Gasteiger partial charge in [-0.15, -0.1) is 0 Å². The molecule has 0 atom stereocenters. The van der Waals surface area contributed by atoms with Crippen molar-refractivity contribution in [3.63, 3.8) is 0 Å². The van der Waals surface area contributed by atoms with E-state index in [-0.39, 0.29) is 10.6 Å². The van der Waals surface area contributed by atoms with Gasteiger partial charge < -0.3 is 4.18 Å². The van der Waals surface area contributed by atoms with E-state index in [4.69, 9.17) is 4.18 Å². The Balaban J connectivity index is 2.33. The zero-order valence-electron chi connectivity index (χ0n) is 9.93. The zero-order valence-corrected chi connectivity index (χ0v) is 14.5. The van der Waals surface area contributed by atoms with Crippen LogP contribution in [0.25, 0.3) is 0 Å². The Kier molecular flexibility index (Phi) is 4.52. The maximum absolute atomic E-state index is 12.1. The van der Waals surface area contributed by atoms with E-state index < -0.39 is 10.1 Å². The van der Waals surface area contributed by atoms with Crippen molar-refractivity contribution in [3.8, 4) is 5.75 Å². The van der Waals surface area contributed by atoms with Crippen LogP contribution < -0.4 is 4.18 Å². The van der Waals surface area contributed by atoms with Crippen molar-refractivity contribution >= 4 is 48.6 Å². The Morgan fingerprint density at radius 1 is 1.11 bits per heavy atom. The zero-order chi connectivity index (χ0) is 14.0. The van der Waals surface area contributed by atoms with Crippen molar-refractivity contribution in [3.05, 3.63) is 56.1 Å². The fourth-order valence-electron chi connectivity index (χ4n) is 1.41. The van der Waals surface area contributed by atoms with Crippen LogP contribution in [0.5, 0.6) is 5.75 Å². The van der Waals surface area contributed by atoms with Gasteiger partial charge in [-0.1, -0.05) is 17.7 Å². The first kappa shape index (κ1) is 14.8. The number of benzene rings is 2. The van der Waals surface area contributed by atoms with Crippen molar-refractivity contribution in [2.24, 2.45) is 0 Å². The van der Waals surface area contributed by atoms with Gasteiger partial charge in [-0.2, -0.15) is 8.42 Å². The molecule has 0 amide bonds. The smallest absolute Gasteiger partial charge is 0.339 e. The standard InChI is InChI=1S/C13H10BrIO3S/c1-9-2-5-11(6-3-9)19(16,17)18-13-7-4-10(15)8-12(13)14/h2-8H,1H3. The molecule has 0 radical (unpaired) electrons. The number of rotatable bonds is 3. The van der Waals surface area contributed by atoms with E-state index >= 15 is 0 Å². The summed E-state index contributed by atoms with van der Waals surface area (Å²) in [5, 5.41) is 0. The van der Waals surface area contributed by atoms with Crippen molar-refractivity contribution in [2.45, 2.75) is 11.8 Å². The molecule has 0 bridgehead atoms. The summed E-state index contributed by atoms with van der Waals surface area (Å²) in [6, 6.07) is 11.7. The molecule has 0 spiro atoms. The lowest BCUT2D eigenvalue weighted by molar-refractivity contribution is 0.484. The molecule has 2 aromatic rings. The molecule has 0 N–H and O–H groups in total. The molecule has 0 aromatic heterocycles. The summed E-state index contributed by atoms with van der Waals surface area (Å²) in [6.45, 7) is 1.90. The van der Waals surface area contributed by atoms with E-state index in [1.54, 1.807) is 30.3 Å². The average Bonchev–Trinajstić information content (AvgIpc) is 2.33. The lowest BCUT2D eigenvalue weighted by Crippen LogP contribution is -2.10. The van der Waals surface area contributed by atoms with Gasteiger partial charge >= 0.3 is 10.1 Å². The lowest BCUT2D eigenvalue weighted by Gasteiger charge is -2.09. The minimum atomic E-state index is -3.80. The van der Waals surface area contributed by atoms with Crippen molar-refractivity contribution in [2.75, 3.05) is 0 Å². The van der Waals surface area contributed by atoms with E-state index in [1.165, 1.54) is 12.1 Å². The van der Waals surface area contributed by atoms with Crippen LogP contribution in [-0.2, 0) is 10.1 Å². The van der Waals surface area contributed by atoms with Crippen LogP contribution in [0.15, 0.2) is 51.8 Å². The quantitative estimate of drug-likeness (QED) is 0.519. The van der Waals surface area contributed by atoms with Crippen LogP contribution in [0.4, 0.5) is 0 Å². The molecule has 100 valence electrons. The Morgan fingerprint density at radius 3 is 2.32 bits per heavy atom. The maximum atomic E-state index is 12.1. The Bertz CT molecular complexity index is 696. The summed E-state index contributed by atoms with van der Waals surface area (Å²) in [6.07, 6.45) is 0. The molecule has 6 heteroatoms. The number of hydrogen-bond acceptors (Lipinski definition) is 3. The molecule has 0 unspecified atom stereocenters. The SMILES string of the molecule is Cc1ccc(S(=O)(=O)Oc2ccc(I)cc2Br)cc1. The summed E-state index contributed by atoms with van der Waals surface area (Å²) in [5.41, 5.74) is 0.995. The van der Waals surface area contributed by atoms with Gasteiger partial charge in [-0.3, -0.25) is 0 Å². The Hall–Kier alpha value is -0.600. The van der Waals surface area contributed by atoms with Gasteiger partial charge in [-0.05, 0) is 75.8 Å². The molecule has 0 heterocycles. The summed E-state index contributed by atoms with van der Waals surface area (Å²) in [5.74, 6) is 0.279. The topological polar surface area (TPSA) is 43.4 Å². The fourth-order valence-corrected chi connectivity index (χ4v) is 3.85. The molecule has 2 rings (SSSR count). The van der Waals surface area contributed by atoms with E-state index in [9.17, 15) is 8.42 Å². The van der Waals surface area contributed by atoms with E-state index in [0.717, 1.165) is 9.13 Å². The number of aryl methyl sites for hydroxylation is 1. The van der Waals surface area contributed by atoms with Gasteiger partial charge in [0, 0.05) is 3.57 Å². The molecule has 0 aliphatic heterocycles. The van der Waals surface area contributed by atoms with Crippen LogP contribution in [0.1, 0.15) is 5.56 Å². The van der Waals surface area contributed by atoms with Gasteiger partial charge in [0.15, 0.2) is 5.75 Å². The van der Waals surface area contributed by atoms with Gasteiger partial charge in [-0.25, -0.2) is 0 Å². The highest BCUT2D eigenvalue weighted by Gasteiger charge is 2.17. The van der Waals surface area contributed by atoms with Crippen molar-refractivity contribution < 1.29 is 12.6 Å². The van der Waals surface area contributed by atoms with Crippen molar-refractivity contribution in [1.82, 2.24) is 0 Å². The predicted octanol–water partition coefficient (Wildman–Crippen LogP) is 4.13. The highest BCUT2D eigenvalue weighted by molar-refractivity contribution is 14.1. The van der Waals surface area contributed by atoms with Crippen LogP contribution in [0.2, 0.25) is 0 Å². The van der Waals surface area contributed by atoms with E-state index in [0.29, 0.717) is 4.47 Å². The van der Waals surface area contributed by atoms with Crippen LogP contribution >= 0.6 is 38.5 Å². The maximum Gasteiger partial charge on any atom is 0.339 e.